The fourth-order valence-electron chi connectivity index (χ4n) is 3.81. The van der Waals surface area contributed by atoms with Crippen LogP contribution in [0, 0.1) is 18.6 Å². The van der Waals surface area contributed by atoms with Crippen molar-refractivity contribution in [2.45, 2.75) is 6.92 Å². The Labute approximate surface area is 187 Å². The highest BCUT2D eigenvalue weighted by Gasteiger charge is 2.25. The van der Waals surface area contributed by atoms with E-state index in [2.05, 4.69) is 10.3 Å². The van der Waals surface area contributed by atoms with Crippen LogP contribution in [0.1, 0.15) is 5.69 Å². The van der Waals surface area contributed by atoms with Gasteiger partial charge in [-0.15, -0.1) is 0 Å². The van der Waals surface area contributed by atoms with Crippen LogP contribution in [-0.4, -0.2) is 35.9 Å². The van der Waals surface area contributed by atoms with E-state index < -0.39 is 18.3 Å². The first-order valence-electron chi connectivity index (χ1n) is 10.4. The summed E-state index contributed by atoms with van der Waals surface area (Å²) in [5.41, 5.74) is 1.61. The predicted molar refractivity (Wildman–Crippen MR) is 117 cm³/mol. The van der Waals surface area contributed by atoms with Gasteiger partial charge in [0.2, 0.25) is 0 Å². The predicted octanol–water partition coefficient (Wildman–Crippen LogP) is 5.45. The highest BCUT2D eigenvalue weighted by molar-refractivity contribution is 5.81. The number of rotatable bonds is 6. The average molecular weight is 455 g/mol. The first-order chi connectivity index (χ1) is 16.1. The highest BCUT2D eigenvalue weighted by Crippen LogP contribution is 2.39. The van der Waals surface area contributed by atoms with Gasteiger partial charge in [-0.25, -0.2) is 18.2 Å². The van der Waals surface area contributed by atoms with Crippen molar-refractivity contribution in [3.63, 3.8) is 0 Å². The van der Waals surface area contributed by atoms with E-state index in [4.69, 9.17) is 14.2 Å². The molecule has 0 saturated heterocycles. The monoisotopic (exact) mass is 455 g/mol. The van der Waals surface area contributed by atoms with Gasteiger partial charge in [0.25, 0.3) is 0 Å². The van der Waals surface area contributed by atoms with Crippen LogP contribution in [0.3, 0.4) is 0 Å². The number of pyridine rings is 1. The van der Waals surface area contributed by atoms with Gasteiger partial charge < -0.3 is 19.5 Å². The smallest absolute Gasteiger partial charge is 0.177 e. The Balaban J connectivity index is 1.67. The number of anilines is 2. The summed E-state index contributed by atoms with van der Waals surface area (Å²) in [6.45, 7) is 1.63. The standard InChI is InChI=1S/C24H20F3N3O3/c1-14-3-2-4-20-29-23(21-16(26)6-8-18(22(21)27)31-10-9-25)24(30(14)20)28-15-5-7-17-19(13-15)33-12-11-32-17/h2-8,13,28H,9-12H2,1H3. The summed E-state index contributed by atoms with van der Waals surface area (Å²) in [4.78, 5) is 4.51. The van der Waals surface area contributed by atoms with Crippen LogP contribution in [0.5, 0.6) is 17.2 Å². The minimum absolute atomic E-state index is 0.0555. The van der Waals surface area contributed by atoms with Crippen LogP contribution >= 0.6 is 0 Å². The largest absolute Gasteiger partial charge is 0.488 e. The SMILES string of the molecule is Cc1cccc2nc(-c3c(F)ccc(OCCF)c3F)c(Nc3ccc4c(c3)OCCO4)n12. The number of hydrogen-bond donors (Lipinski definition) is 1. The van der Waals surface area contributed by atoms with Gasteiger partial charge >= 0.3 is 0 Å². The number of aryl methyl sites for hydroxylation is 1. The number of nitrogens with one attached hydrogen (secondary N) is 1. The molecule has 2 aromatic heterocycles. The molecule has 0 unspecified atom stereocenters. The number of ether oxygens (including phenoxy) is 3. The number of halogens is 3. The second-order valence-electron chi connectivity index (χ2n) is 7.43. The van der Waals surface area contributed by atoms with E-state index in [9.17, 15) is 8.78 Å². The summed E-state index contributed by atoms with van der Waals surface area (Å²) < 4.78 is 60.9. The number of imidazole rings is 1. The third-order valence-electron chi connectivity index (χ3n) is 5.27. The quantitative estimate of drug-likeness (QED) is 0.419. The molecule has 0 amide bonds. The summed E-state index contributed by atoms with van der Waals surface area (Å²) in [7, 11) is 0. The van der Waals surface area contributed by atoms with Gasteiger partial charge in [-0.1, -0.05) is 6.07 Å². The van der Waals surface area contributed by atoms with Crippen molar-refractivity contribution < 1.29 is 27.4 Å². The lowest BCUT2D eigenvalue weighted by atomic mass is 10.1. The van der Waals surface area contributed by atoms with Crippen LogP contribution in [-0.2, 0) is 0 Å². The third kappa shape index (κ3) is 3.79. The van der Waals surface area contributed by atoms with Gasteiger partial charge in [0, 0.05) is 17.4 Å². The summed E-state index contributed by atoms with van der Waals surface area (Å²) in [6.07, 6.45) is 0. The van der Waals surface area contributed by atoms with Gasteiger partial charge in [-0.3, -0.25) is 4.40 Å². The molecule has 0 saturated carbocycles. The van der Waals surface area contributed by atoms with Crippen LogP contribution in [0.15, 0.2) is 48.5 Å². The van der Waals surface area contributed by atoms with Crippen molar-refractivity contribution in [3.8, 4) is 28.5 Å². The van der Waals surface area contributed by atoms with Gasteiger partial charge in [-0.05, 0) is 43.3 Å². The van der Waals surface area contributed by atoms with Crippen molar-refractivity contribution in [3.05, 3.63) is 65.9 Å². The average Bonchev–Trinajstić information content (AvgIpc) is 3.17. The molecule has 0 radical (unpaired) electrons. The molecule has 5 rings (SSSR count). The lowest BCUT2D eigenvalue weighted by molar-refractivity contribution is 0.171. The van der Waals surface area contributed by atoms with E-state index in [0.717, 1.165) is 17.8 Å². The molecule has 0 fully saturated rings. The van der Waals surface area contributed by atoms with E-state index in [1.165, 1.54) is 0 Å². The van der Waals surface area contributed by atoms with Crippen molar-refractivity contribution >= 4 is 17.2 Å². The van der Waals surface area contributed by atoms with Crippen LogP contribution < -0.4 is 19.5 Å². The lowest BCUT2D eigenvalue weighted by Gasteiger charge is -2.19. The molecule has 33 heavy (non-hydrogen) atoms. The molecule has 1 aliphatic heterocycles. The van der Waals surface area contributed by atoms with E-state index in [-0.39, 0.29) is 23.6 Å². The lowest BCUT2D eigenvalue weighted by Crippen LogP contribution is -2.15. The molecule has 3 heterocycles. The molecule has 6 nitrogen and oxygen atoms in total. The molecule has 2 aromatic carbocycles. The van der Waals surface area contributed by atoms with Gasteiger partial charge in [0.1, 0.15) is 49.5 Å². The number of aromatic nitrogens is 2. The summed E-state index contributed by atoms with van der Waals surface area (Å²) >= 11 is 0. The van der Waals surface area contributed by atoms with E-state index in [1.807, 2.05) is 19.1 Å². The van der Waals surface area contributed by atoms with Crippen LogP contribution in [0.4, 0.5) is 24.7 Å². The molecule has 4 aromatic rings. The Bertz CT molecular complexity index is 1340. The fraction of sp³-hybridized carbons (Fsp3) is 0.208. The molecule has 0 spiro atoms. The molecular weight excluding hydrogens is 435 g/mol. The second-order valence-corrected chi connectivity index (χ2v) is 7.43. The topological polar surface area (TPSA) is 57.0 Å². The maximum Gasteiger partial charge on any atom is 0.177 e. The molecule has 0 aliphatic carbocycles. The highest BCUT2D eigenvalue weighted by atomic mass is 19.1. The molecule has 1 aliphatic rings. The summed E-state index contributed by atoms with van der Waals surface area (Å²) in [5.74, 6) is -0.460. The molecule has 0 atom stereocenters. The normalized spacial score (nSPS) is 12.7. The van der Waals surface area contributed by atoms with Crippen molar-refractivity contribution in [2.75, 3.05) is 31.8 Å². The number of alkyl halides is 1. The summed E-state index contributed by atoms with van der Waals surface area (Å²) in [5, 5.41) is 3.23. The summed E-state index contributed by atoms with van der Waals surface area (Å²) in [6, 6.07) is 12.9. The first kappa shape index (κ1) is 21.0. The third-order valence-corrected chi connectivity index (χ3v) is 5.27. The zero-order valence-corrected chi connectivity index (χ0v) is 17.7. The zero-order chi connectivity index (χ0) is 22.9. The van der Waals surface area contributed by atoms with Crippen LogP contribution in [0.25, 0.3) is 16.9 Å². The van der Waals surface area contributed by atoms with Gasteiger partial charge in [-0.2, -0.15) is 0 Å². The maximum atomic E-state index is 15.3. The Kier molecular flexibility index (Phi) is 5.45. The Hall–Kier alpha value is -3.88. The van der Waals surface area contributed by atoms with Gasteiger partial charge in [0.05, 0.1) is 5.56 Å². The zero-order valence-electron chi connectivity index (χ0n) is 17.7. The molecule has 0 bridgehead atoms. The second kappa shape index (κ2) is 8.57. The Morgan fingerprint density at radius 1 is 1.06 bits per heavy atom. The number of hydrogen-bond acceptors (Lipinski definition) is 5. The van der Waals surface area contributed by atoms with Crippen LogP contribution in [0.2, 0.25) is 0 Å². The van der Waals surface area contributed by atoms with Gasteiger partial charge in [0.15, 0.2) is 23.1 Å². The number of benzene rings is 2. The molecule has 9 heteroatoms. The molecule has 1 N–H and O–H groups in total. The molecule has 170 valence electrons. The van der Waals surface area contributed by atoms with E-state index >= 15 is 4.39 Å². The van der Waals surface area contributed by atoms with Crippen molar-refractivity contribution in [2.24, 2.45) is 0 Å². The molecular formula is C24H20F3N3O3. The maximum absolute atomic E-state index is 15.3. The minimum Gasteiger partial charge on any atom is -0.488 e. The fourth-order valence-corrected chi connectivity index (χ4v) is 3.81. The number of nitrogens with zero attached hydrogens (tertiary/aromatic N) is 2. The Morgan fingerprint density at radius 3 is 2.70 bits per heavy atom. The van der Waals surface area contributed by atoms with Crippen molar-refractivity contribution in [1.82, 2.24) is 9.38 Å². The van der Waals surface area contributed by atoms with E-state index in [1.54, 1.807) is 28.7 Å². The number of fused-ring (bicyclic) bond motifs is 2. The van der Waals surface area contributed by atoms with Crippen molar-refractivity contribution in [1.29, 1.82) is 0 Å². The minimum atomic E-state index is -0.949. The Morgan fingerprint density at radius 2 is 1.88 bits per heavy atom. The first-order valence-corrected chi connectivity index (χ1v) is 10.4. The van der Waals surface area contributed by atoms with E-state index in [0.29, 0.717) is 41.9 Å².